The molecule has 10 heteroatoms. The molecule has 3 aromatic heterocycles. The van der Waals surface area contributed by atoms with E-state index in [-0.39, 0.29) is 17.8 Å². The van der Waals surface area contributed by atoms with Crippen molar-refractivity contribution in [3.05, 3.63) is 35.9 Å². The van der Waals surface area contributed by atoms with Gasteiger partial charge in [0.15, 0.2) is 11.5 Å². The number of rotatable bonds is 7. The average Bonchev–Trinajstić information content (AvgIpc) is 3.55. The van der Waals surface area contributed by atoms with Gasteiger partial charge in [-0.25, -0.2) is 15.0 Å². The molecule has 0 spiro atoms. The first-order valence-electron chi connectivity index (χ1n) is 10.2. The van der Waals surface area contributed by atoms with Crippen molar-refractivity contribution in [2.75, 3.05) is 12.4 Å². The number of aromatic amines is 1. The van der Waals surface area contributed by atoms with Crippen LogP contribution >= 0.6 is 0 Å². The molecule has 3 aromatic rings. The maximum absolute atomic E-state index is 8.85. The second-order valence-electron chi connectivity index (χ2n) is 7.79. The number of nitrogens with zero attached hydrogens (tertiary/aromatic N) is 5. The number of nitrogens with two attached hydrogens (primary N) is 1. The van der Waals surface area contributed by atoms with E-state index in [1.54, 1.807) is 7.11 Å². The zero-order chi connectivity index (χ0) is 21.4. The Hall–Kier alpha value is -3.71. The van der Waals surface area contributed by atoms with Crippen LogP contribution in [-0.4, -0.2) is 44.4 Å². The van der Waals surface area contributed by atoms with E-state index < -0.39 is 0 Å². The molecule has 2 fully saturated rings. The molecule has 2 aliphatic rings. The number of H-pyrrole nitrogens is 1. The van der Waals surface area contributed by atoms with Gasteiger partial charge in [-0.1, -0.05) is 0 Å². The summed E-state index contributed by atoms with van der Waals surface area (Å²) in [5.41, 5.74) is 8.74. The summed E-state index contributed by atoms with van der Waals surface area (Å²) in [4.78, 5) is 12.9. The van der Waals surface area contributed by atoms with Gasteiger partial charge in [-0.3, -0.25) is 5.10 Å². The second kappa shape index (κ2) is 7.85. The van der Waals surface area contributed by atoms with Crippen molar-refractivity contribution >= 4 is 11.6 Å². The molecule has 31 heavy (non-hydrogen) atoms. The molecule has 0 saturated heterocycles. The molecule has 2 atom stereocenters. The minimum atomic E-state index is -0.0210. The van der Waals surface area contributed by atoms with E-state index in [4.69, 9.17) is 25.5 Å². The number of aromatic nitrogens is 5. The molecule has 0 aliphatic heterocycles. The van der Waals surface area contributed by atoms with Crippen molar-refractivity contribution in [2.45, 2.75) is 43.7 Å². The number of ether oxygens (including phenoxy) is 2. The molecule has 10 nitrogen and oxygen atoms in total. The number of methoxy groups -OCH3 is 1. The lowest BCUT2D eigenvalue weighted by Gasteiger charge is -2.34. The minimum Gasteiger partial charge on any atom is -0.488 e. The van der Waals surface area contributed by atoms with Crippen LogP contribution in [0, 0.1) is 11.3 Å². The number of nitrogens with one attached hydrogen (secondary N) is 2. The maximum Gasteiger partial charge on any atom is 0.226 e. The molecule has 0 amide bonds. The highest BCUT2D eigenvalue weighted by molar-refractivity contribution is 5.75. The molecule has 2 aliphatic carbocycles. The predicted octanol–water partition coefficient (Wildman–Crippen LogP) is 2.63. The van der Waals surface area contributed by atoms with Crippen molar-refractivity contribution in [3.8, 4) is 29.0 Å². The largest absolute Gasteiger partial charge is 0.488 e. The Kier molecular flexibility index (Phi) is 4.88. The van der Waals surface area contributed by atoms with Gasteiger partial charge < -0.3 is 20.5 Å². The van der Waals surface area contributed by atoms with Gasteiger partial charge in [0.05, 0.1) is 30.9 Å². The van der Waals surface area contributed by atoms with Gasteiger partial charge in [-0.05, 0) is 25.7 Å². The van der Waals surface area contributed by atoms with Gasteiger partial charge in [-0.2, -0.15) is 10.4 Å². The molecule has 0 bridgehead atoms. The number of hydrogen-bond donors (Lipinski definition) is 3. The molecule has 2 saturated carbocycles. The van der Waals surface area contributed by atoms with Crippen molar-refractivity contribution in [3.63, 3.8) is 0 Å². The highest BCUT2D eigenvalue weighted by Gasteiger charge is 2.33. The number of anilines is 2. The van der Waals surface area contributed by atoms with Gasteiger partial charge in [0, 0.05) is 24.1 Å². The molecule has 0 aromatic carbocycles. The molecule has 158 valence electrons. The van der Waals surface area contributed by atoms with Crippen LogP contribution in [0.2, 0.25) is 0 Å². The first-order chi connectivity index (χ1) is 15.1. The summed E-state index contributed by atoms with van der Waals surface area (Å²) in [6.45, 7) is 0. The van der Waals surface area contributed by atoms with Gasteiger partial charge in [0.2, 0.25) is 5.88 Å². The van der Waals surface area contributed by atoms with Crippen molar-refractivity contribution < 1.29 is 9.47 Å². The van der Waals surface area contributed by atoms with Crippen LogP contribution in [0.1, 0.15) is 43.0 Å². The second-order valence-corrected chi connectivity index (χ2v) is 7.79. The number of nitriles is 1. The Balaban J connectivity index is 1.47. The molecule has 3 heterocycles. The Morgan fingerprint density at radius 1 is 1.16 bits per heavy atom. The SMILES string of the molecule is COc1nc(C2CC2)cc(O[C@@H]2CC[C@H]2N)c1-c1cc(Nc2cnc(C#N)cn2)n[nH]1. The third-order valence-electron chi connectivity index (χ3n) is 5.57. The summed E-state index contributed by atoms with van der Waals surface area (Å²) in [6, 6.07) is 5.80. The van der Waals surface area contributed by atoms with Gasteiger partial charge >= 0.3 is 0 Å². The molecule has 4 N–H and O–H groups in total. The lowest BCUT2D eigenvalue weighted by atomic mass is 9.90. The lowest BCUT2D eigenvalue weighted by molar-refractivity contribution is 0.0933. The van der Waals surface area contributed by atoms with Crippen molar-refractivity contribution in [1.29, 1.82) is 5.26 Å². The smallest absolute Gasteiger partial charge is 0.226 e. The van der Waals surface area contributed by atoms with E-state index in [0.29, 0.717) is 40.4 Å². The van der Waals surface area contributed by atoms with E-state index in [9.17, 15) is 0 Å². The van der Waals surface area contributed by atoms with Crippen LogP contribution in [0.25, 0.3) is 11.3 Å². The molecule has 0 radical (unpaired) electrons. The Labute approximate surface area is 178 Å². The van der Waals surface area contributed by atoms with Gasteiger partial charge in [0.25, 0.3) is 0 Å². The van der Waals surface area contributed by atoms with E-state index in [1.165, 1.54) is 12.4 Å². The monoisotopic (exact) mass is 418 g/mol. The fraction of sp³-hybridized carbons (Fsp3) is 0.381. The predicted molar refractivity (Wildman–Crippen MR) is 112 cm³/mol. The Bertz CT molecular complexity index is 1130. The fourth-order valence-electron chi connectivity index (χ4n) is 3.49. The summed E-state index contributed by atoms with van der Waals surface area (Å²) in [5, 5.41) is 19.3. The first-order valence-corrected chi connectivity index (χ1v) is 10.2. The average molecular weight is 418 g/mol. The maximum atomic E-state index is 8.85. The molecular weight excluding hydrogens is 396 g/mol. The molecular formula is C21H22N8O2. The van der Waals surface area contributed by atoms with Crippen molar-refractivity contribution in [2.24, 2.45) is 5.73 Å². The lowest BCUT2D eigenvalue weighted by Crippen LogP contribution is -2.47. The summed E-state index contributed by atoms with van der Waals surface area (Å²) >= 11 is 0. The van der Waals surface area contributed by atoms with Crippen molar-refractivity contribution in [1.82, 2.24) is 25.1 Å². The van der Waals surface area contributed by atoms with Crippen LogP contribution in [0.4, 0.5) is 11.6 Å². The number of pyridine rings is 1. The third-order valence-corrected chi connectivity index (χ3v) is 5.57. The Morgan fingerprint density at radius 2 is 2.03 bits per heavy atom. The third kappa shape index (κ3) is 3.87. The first kappa shape index (κ1) is 19.3. The van der Waals surface area contributed by atoms with Crippen LogP contribution in [0.15, 0.2) is 24.5 Å². The van der Waals surface area contributed by atoms with E-state index in [0.717, 1.165) is 31.4 Å². The van der Waals surface area contributed by atoms with E-state index >= 15 is 0 Å². The van der Waals surface area contributed by atoms with Crippen LogP contribution in [0.3, 0.4) is 0 Å². The normalized spacial score (nSPS) is 19.9. The number of hydrogen-bond acceptors (Lipinski definition) is 9. The fourth-order valence-corrected chi connectivity index (χ4v) is 3.49. The summed E-state index contributed by atoms with van der Waals surface area (Å²) < 4.78 is 11.9. The quantitative estimate of drug-likeness (QED) is 0.526. The summed E-state index contributed by atoms with van der Waals surface area (Å²) in [6.07, 6.45) is 6.99. The molecule has 0 unspecified atom stereocenters. The zero-order valence-corrected chi connectivity index (χ0v) is 17.0. The minimum absolute atomic E-state index is 0.0210. The van der Waals surface area contributed by atoms with Crippen LogP contribution in [-0.2, 0) is 0 Å². The van der Waals surface area contributed by atoms with Gasteiger partial charge in [0.1, 0.15) is 29.3 Å². The Morgan fingerprint density at radius 3 is 2.65 bits per heavy atom. The highest BCUT2D eigenvalue weighted by Crippen LogP contribution is 2.46. The van der Waals surface area contributed by atoms with Gasteiger partial charge in [-0.15, -0.1) is 0 Å². The van der Waals surface area contributed by atoms with E-state index in [2.05, 4.69) is 25.5 Å². The highest BCUT2D eigenvalue weighted by atomic mass is 16.5. The van der Waals surface area contributed by atoms with Crippen LogP contribution < -0.4 is 20.5 Å². The zero-order valence-electron chi connectivity index (χ0n) is 17.0. The standard InChI is InChI=1S/C21H22N8O2/c1-30-21-20(15-7-18(29-28-15)27-19-10-24-12(8-22)9-25-19)17(31-16-5-4-13(16)23)6-14(26-21)11-2-3-11/h6-7,9-11,13,16H,2-5,23H2,1H3,(H2,25,27,28,29)/t13-,16-/m1/s1. The van der Waals surface area contributed by atoms with Crippen LogP contribution in [0.5, 0.6) is 11.6 Å². The summed E-state index contributed by atoms with van der Waals surface area (Å²) in [7, 11) is 1.60. The molecule has 5 rings (SSSR count). The van der Waals surface area contributed by atoms with E-state index in [1.807, 2.05) is 18.2 Å². The summed E-state index contributed by atoms with van der Waals surface area (Å²) in [5.74, 6) is 2.65. The topological polar surface area (TPSA) is 148 Å².